The van der Waals surface area contributed by atoms with Crippen molar-refractivity contribution in [1.29, 1.82) is 0 Å². The number of rotatable bonds is 10. The number of carbonyl (C=O) groups excluding carboxylic acids is 4. The predicted molar refractivity (Wildman–Crippen MR) is 183 cm³/mol. The fourth-order valence-electron chi connectivity index (χ4n) is 6.00. The molecule has 3 aliphatic rings. The second kappa shape index (κ2) is 13.1. The zero-order valence-electron chi connectivity index (χ0n) is 28.5. The molecule has 49 heavy (non-hydrogen) atoms. The van der Waals surface area contributed by atoms with Crippen molar-refractivity contribution in [3.05, 3.63) is 48.1 Å². The van der Waals surface area contributed by atoms with Crippen LogP contribution < -0.4 is 20.1 Å². The molecule has 1 saturated heterocycles. The van der Waals surface area contributed by atoms with Gasteiger partial charge in [-0.1, -0.05) is 44.5 Å². The lowest BCUT2D eigenvalue weighted by Crippen LogP contribution is -2.60. The van der Waals surface area contributed by atoms with E-state index in [9.17, 15) is 27.6 Å². The Bertz CT molecular complexity index is 1780. The zero-order valence-corrected chi connectivity index (χ0v) is 30.1. The molecule has 13 nitrogen and oxygen atoms in total. The van der Waals surface area contributed by atoms with Crippen LogP contribution >= 0.6 is 11.6 Å². The quantitative estimate of drug-likeness (QED) is 0.309. The summed E-state index contributed by atoms with van der Waals surface area (Å²) < 4.78 is 39.2. The third-order valence-electron chi connectivity index (χ3n) is 8.84. The van der Waals surface area contributed by atoms with Crippen LogP contribution in [0.25, 0.3) is 10.8 Å². The summed E-state index contributed by atoms with van der Waals surface area (Å²) in [6, 6.07) is 4.80. The molecule has 3 N–H and O–H groups in total. The van der Waals surface area contributed by atoms with Crippen molar-refractivity contribution in [3.63, 3.8) is 0 Å². The van der Waals surface area contributed by atoms with Crippen LogP contribution in [0.15, 0.2) is 43.1 Å². The smallest absolute Gasteiger partial charge is 0.408 e. The number of sulfonamides is 1. The molecule has 5 atom stereocenters. The summed E-state index contributed by atoms with van der Waals surface area (Å²) >= 11 is 6.26. The van der Waals surface area contributed by atoms with Crippen LogP contribution in [0.2, 0.25) is 5.02 Å². The first kappa shape index (κ1) is 36.4. The number of likely N-dealkylation sites (tertiary alicyclic amines) is 1. The van der Waals surface area contributed by atoms with Gasteiger partial charge < -0.3 is 25.0 Å². The molecule has 266 valence electrons. The largest absolute Gasteiger partial charge is 0.472 e. The van der Waals surface area contributed by atoms with E-state index in [1.807, 2.05) is 6.07 Å². The van der Waals surface area contributed by atoms with Crippen molar-refractivity contribution >= 4 is 56.2 Å². The summed E-state index contributed by atoms with van der Waals surface area (Å²) in [4.78, 5) is 60.5. The molecular formula is C34H44ClN5O8S. The summed E-state index contributed by atoms with van der Waals surface area (Å²) in [5.74, 6) is -2.36. The normalized spacial score (nSPS) is 24.5. The highest BCUT2D eigenvalue weighted by molar-refractivity contribution is 7.91. The van der Waals surface area contributed by atoms with Crippen molar-refractivity contribution in [1.82, 2.24) is 25.2 Å². The first-order valence-electron chi connectivity index (χ1n) is 16.3. The summed E-state index contributed by atoms with van der Waals surface area (Å²) in [6.45, 7) is 14.1. The first-order chi connectivity index (χ1) is 22.7. The van der Waals surface area contributed by atoms with Crippen LogP contribution in [-0.4, -0.2) is 83.2 Å². The lowest BCUT2D eigenvalue weighted by atomic mass is 9.85. The van der Waals surface area contributed by atoms with Crippen LogP contribution in [-0.2, 0) is 29.1 Å². The third kappa shape index (κ3) is 8.12. The minimum absolute atomic E-state index is 0.0103. The van der Waals surface area contributed by atoms with Gasteiger partial charge in [-0.2, -0.15) is 0 Å². The number of nitrogens with zero attached hydrogens (tertiary/aromatic N) is 2. The van der Waals surface area contributed by atoms with Gasteiger partial charge in [0.25, 0.3) is 5.91 Å². The number of halogens is 1. The molecule has 2 aliphatic carbocycles. The molecule has 0 unspecified atom stereocenters. The molecule has 4 amide bonds. The average molecular weight is 718 g/mol. The second-order valence-electron chi connectivity index (χ2n) is 15.1. The highest BCUT2D eigenvalue weighted by atomic mass is 35.5. The number of aromatic nitrogens is 1. The van der Waals surface area contributed by atoms with Crippen LogP contribution in [0.3, 0.4) is 0 Å². The van der Waals surface area contributed by atoms with Crippen LogP contribution in [0.1, 0.15) is 67.2 Å². The Kier molecular flexibility index (Phi) is 9.71. The minimum atomic E-state index is -3.89. The monoisotopic (exact) mass is 717 g/mol. The van der Waals surface area contributed by atoms with E-state index >= 15 is 0 Å². The van der Waals surface area contributed by atoms with Crippen molar-refractivity contribution < 1.29 is 37.1 Å². The maximum absolute atomic E-state index is 14.4. The Morgan fingerprint density at radius 1 is 1.12 bits per heavy atom. The molecule has 2 aromatic rings. The molecule has 0 radical (unpaired) electrons. The molecule has 15 heteroatoms. The number of pyridine rings is 1. The SMILES string of the molecule is C=C[C@@H]1C[C@]1(NC(=O)[C@@H]1C[C@@H](Oc2nccc3ccc(Cl)cc23)CN1C(=O)[C@@H](NC(=O)OC(C)(C)C)C(C)(C)C)C(=O)NS(=O)(=O)C1CC1. The Balaban J connectivity index is 1.44. The number of alkyl carbamates (subject to hydrolysis) is 1. The van der Waals surface area contributed by atoms with E-state index in [-0.39, 0.29) is 25.3 Å². The molecule has 2 heterocycles. The number of fused-ring (bicyclic) bond motifs is 1. The molecule has 1 aliphatic heterocycles. The Morgan fingerprint density at radius 3 is 2.41 bits per heavy atom. The number of hydrogen-bond donors (Lipinski definition) is 3. The van der Waals surface area contributed by atoms with Crippen molar-refractivity contribution in [2.75, 3.05) is 6.54 Å². The fraction of sp³-hybridized carbons (Fsp3) is 0.559. The van der Waals surface area contributed by atoms with E-state index in [4.69, 9.17) is 21.1 Å². The Morgan fingerprint density at radius 2 is 1.82 bits per heavy atom. The maximum Gasteiger partial charge on any atom is 0.408 e. The Labute approximate surface area is 291 Å². The van der Waals surface area contributed by atoms with E-state index in [1.54, 1.807) is 65.9 Å². The van der Waals surface area contributed by atoms with Gasteiger partial charge in [0.05, 0.1) is 11.8 Å². The third-order valence-corrected chi connectivity index (χ3v) is 10.9. The molecule has 1 aromatic carbocycles. The fourth-order valence-corrected chi connectivity index (χ4v) is 7.54. The molecule has 2 saturated carbocycles. The van der Waals surface area contributed by atoms with Gasteiger partial charge in [-0.3, -0.25) is 19.1 Å². The Hall–Kier alpha value is -3.91. The molecule has 1 aromatic heterocycles. The number of amides is 4. The van der Waals surface area contributed by atoms with E-state index in [2.05, 4.69) is 26.9 Å². The topological polar surface area (TPSA) is 173 Å². The maximum atomic E-state index is 14.4. The number of hydrogen-bond acceptors (Lipinski definition) is 9. The number of nitrogens with one attached hydrogen (secondary N) is 3. The summed E-state index contributed by atoms with van der Waals surface area (Å²) in [5.41, 5.74) is -3.20. The first-order valence-corrected chi connectivity index (χ1v) is 18.2. The van der Waals surface area contributed by atoms with E-state index in [0.29, 0.717) is 23.3 Å². The van der Waals surface area contributed by atoms with E-state index < -0.39 is 79.7 Å². The molecule has 0 bridgehead atoms. The van der Waals surface area contributed by atoms with Gasteiger partial charge in [0.15, 0.2) is 0 Å². The standard InChI is InChI=1S/C34H44ClN5O8S/c1-8-20-17-34(20,30(43)39-49(45,46)23-11-12-23)38-27(41)25-16-22(47-28-24-15-21(35)10-9-19(24)13-14-36-28)18-40(25)29(42)26(32(2,3)4)37-31(44)48-33(5,6)7/h8-10,13-15,20,22-23,25-26H,1,11-12,16-18H2,2-7H3,(H,37,44)(H,38,41)(H,39,43)/t20-,22-,25+,26-,34-/m1/s1. The van der Waals surface area contributed by atoms with Crippen molar-refractivity contribution in [3.8, 4) is 5.88 Å². The van der Waals surface area contributed by atoms with Crippen LogP contribution in [0.5, 0.6) is 5.88 Å². The highest BCUT2D eigenvalue weighted by Gasteiger charge is 2.62. The summed E-state index contributed by atoms with van der Waals surface area (Å²) in [6.07, 6.45) is 2.60. The number of ether oxygens (including phenoxy) is 2. The van der Waals surface area contributed by atoms with Crippen molar-refractivity contribution in [2.24, 2.45) is 11.3 Å². The van der Waals surface area contributed by atoms with Gasteiger partial charge in [-0.15, -0.1) is 6.58 Å². The van der Waals surface area contributed by atoms with Gasteiger partial charge in [0, 0.05) is 28.9 Å². The van der Waals surface area contributed by atoms with Gasteiger partial charge >= 0.3 is 6.09 Å². The van der Waals surface area contributed by atoms with E-state index in [1.165, 1.54) is 11.0 Å². The molecule has 5 rings (SSSR count). The lowest BCUT2D eigenvalue weighted by molar-refractivity contribution is -0.143. The lowest BCUT2D eigenvalue weighted by Gasteiger charge is -2.36. The van der Waals surface area contributed by atoms with Gasteiger partial charge in [-0.25, -0.2) is 18.2 Å². The predicted octanol–water partition coefficient (Wildman–Crippen LogP) is 3.85. The van der Waals surface area contributed by atoms with Gasteiger partial charge in [0.1, 0.15) is 29.3 Å². The van der Waals surface area contributed by atoms with Crippen LogP contribution in [0, 0.1) is 11.3 Å². The number of carbonyl (C=O) groups is 4. The molecule has 3 fully saturated rings. The molecular weight excluding hydrogens is 674 g/mol. The zero-order chi connectivity index (χ0) is 36.1. The number of benzene rings is 1. The van der Waals surface area contributed by atoms with Gasteiger partial charge in [-0.05, 0) is 69.0 Å². The van der Waals surface area contributed by atoms with Crippen LogP contribution in [0.4, 0.5) is 4.79 Å². The highest BCUT2D eigenvalue weighted by Crippen LogP contribution is 2.45. The summed E-state index contributed by atoms with van der Waals surface area (Å²) in [5, 5.41) is 6.74. The average Bonchev–Trinajstić information content (AvgIpc) is 3.91. The van der Waals surface area contributed by atoms with E-state index in [0.717, 1.165) is 5.39 Å². The van der Waals surface area contributed by atoms with Crippen molar-refractivity contribution in [2.45, 2.75) is 102 Å². The van der Waals surface area contributed by atoms with Gasteiger partial charge in [0.2, 0.25) is 27.7 Å². The second-order valence-corrected chi connectivity index (χ2v) is 17.5. The summed E-state index contributed by atoms with van der Waals surface area (Å²) in [7, 11) is -3.89. The minimum Gasteiger partial charge on any atom is -0.472 e. The molecule has 0 spiro atoms.